The number of aromatic hydroxyl groups is 1. The van der Waals surface area contributed by atoms with Crippen molar-refractivity contribution in [3.05, 3.63) is 24.3 Å². The Balaban J connectivity index is 1.82. The van der Waals surface area contributed by atoms with Crippen molar-refractivity contribution < 1.29 is 9.84 Å². The first kappa shape index (κ1) is 12.2. The smallest absolute Gasteiger partial charge is 0.117 e. The van der Waals surface area contributed by atoms with Gasteiger partial charge in [-0.1, -0.05) is 6.07 Å². The van der Waals surface area contributed by atoms with E-state index in [9.17, 15) is 5.11 Å². The van der Waals surface area contributed by atoms with Gasteiger partial charge >= 0.3 is 0 Å². The summed E-state index contributed by atoms with van der Waals surface area (Å²) in [5, 5.41) is 16.2. The Labute approximate surface area is 102 Å². The van der Waals surface area contributed by atoms with Crippen molar-refractivity contribution in [2.24, 2.45) is 0 Å². The molecule has 0 saturated carbocycles. The van der Waals surface area contributed by atoms with Crippen LogP contribution in [0.15, 0.2) is 24.3 Å². The third kappa shape index (κ3) is 3.91. The number of ether oxygens (including phenoxy) is 1. The van der Waals surface area contributed by atoms with Gasteiger partial charge in [0.05, 0.1) is 13.2 Å². The molecular weight excluding hydrogens is 216 g/mol. The third-order valence-electron chi connectivity index (χ3n) is 2.90. The van der Waals surface area contributed by atoms with Gasteiger partial charge in [0.1, 0.15) is 5.75 Å². The number of hydrogen-bond donors (Lipinski definition) is 3. The summed E-state index contributed by atoms with van der Waals surface area (Å²) in [5.41, 5.74) is 0.953. The maximum Gasteiger partial charge on any atom is 0.117 e. The second-order valence-corrected chi connectivity index (χ2v) is 4.56. The number of hydrogen-bond acceptors (Lipinski definition) is 4. The normalized spacial score (nSPS) is 22.1. The van der Waals surface area contributed by atoms with Crippen LogP contribution in [0.4, 0.5) is 5.69 Å². The molecule has 2 unspecified atom stereocenters. The van der Waals surface area contributed by atoms with Gasteiger partial charge in [-0.25, -0.2) is 0 Å². The molecule has 1 heterocycles. The molecule has 2 atom stereocenters. The van der Waals surface area contributed by atoms with Gasteiger partial charge in [-0.15, -0.1) is 0 Å². The maximum atomic E-state index is 9.38. The van der Waals surface area contributed by atoms with Gasteiger partial charge in [-0.05, 0) is 25.5 Å². The van der Waals surface area contributed by atoms with Crippen LogP contribution in [-0.2, 0) is 4.74 Å². The lowest BCUT2D eigenvalue weighted by molar-refractivity contribution is 0.0731. The summed E-state index contributed by atoms with van der Waals surface area (Å²) in [4.78, 5) is 0. The molecular formula is C13H20N2O2. The third-order valence-corrected chi connectivity index (χ3v) is 2.90. The lowest BCUT2D eigenvalue weighted by atomic mass is 10.1. The molecule has 17 heavy (non-hydrogen) atoms. The van der Waals surface area contributed by atoms with E-state index in [0.717, 1.165) is 31.9 Å². The summed E-state index contributed by atoms with van der Waals surface area (Å²) in [6.07, 6.45) is 1.01. The molecule has 1 aromatic rings. The van der Waals surface area contributed by atoms with E-state index in [4.69, 9.17) is 4.74 Å². The fourth-order valence-corrected chi connectivity index (χ4v) is 2.14. The molecule has 4 nitrogen and oxygen atoms in total. The van der Waals surface area contributed by atoms with Crippen LogP contribution in [0.1, 0.15) is 13.3 Å². The van der Waals surface area contributed by atoms with Gasteiger partial charge in [0.15, 0.2) is 0 Å². The van der Waals surface area contributed by atoms with Crippen molar-refractivity contribution >= 4 is 5.69 Å². The van der Waals surface area contributed by atoms with Crippen LogP contribution in [0, 0.1) is 0 Å². The highest BCUT2D eigenvalue weighted by atomic mass is 16.5. The van der Waals surface area contributed by atoms with Crippen LogP contribution in [0.2, 0.25) is 0 Å². The minimum atomic E-state index is 0.293. The fraction of sp³-hybridized carbons (Fsp3) is 0.538. The molecule has 1 aromatic carbocycles. The zero-order valence-electron chi connectivity index (χ0n) is 10.1. The van der Waals surface area contributed by atoms with Crippen molar-refractivity contribution in [1.29, 1.82) is 0 Å². The van der Waals surface area contributed by atoms with E-state index < -0.39 is 0 Å². The Hall–Kier alpha value is -1.26. The van der Waals surface area contributed by atoms with E-state index >= 15 is 0 Å². The van der Waals surface area contributed by atoms with Crippen LogP contribution in [-0.4, -0.2) is 36.9 Å². The van der Waals surface area contributed by atoms with E-state index in [1.807, 2.05) is 12.1 Å². The lowest BCUT2D eigenvalue weighted by Crippen LogP contribution is -2.43. The molecule has 0 bridgehead atoms. The molecule has 4 heteroatoms. The summed E-state index contributed by atoms with van der Waals surface area (Å²) in [5.74, 6) is 0.293. The first-order valence-electron chi connectivity index (χ1n) is 6.11. The van der Waals surface area contributed by atoms with E-state index in [1.165, 1.54) is 0 Å². The largest absolute Gasteiger partial charge is 0.508 e. The van der Waals surface area contributed by atoms with Gasteiger partial charge in [-0.3, -0.25) is 0 Å². The molecule has 2 rings (SSSR count). The molecule has 0 spiro atoms. The predicted octanol–water partition coefficient (Wildman–Crippen LogP) is 1.57. The van der Waals surface area contributed by atoms with Crippen molar-refractivity contribution in [3.63, 3.8) is 0 Å². The van der Waals surface area contributed by atoms with E-state index in [2.05, 4.69) is 17.6 Å². The number of rotatable bonds is 4. The molecule has 0 aliphatic carbocycles. The molecule has 0 aromatic heterocycles. The standard InChI is InChI=1S/C13H20N2O2/c1-10(7-12-9-17-6-5-14-12)15-11-3-2-4-13(16)8-11/h2-4,8,10,12,14-16H,5-7,9H2,1H3. The summed E-state index contributed by atoms with van der Waals surface area (Å²) in [6, 6.07) is 7.97. The van der Waals surface area contributed by atoms with Gasteiger partial charge in [0.2, 0.25) is 0 Å². The molecule has 1 aliphatic heterocycles. The number of anilines is 1. The number of phenolic OH excluding ortho intramolecular Hbond substituents is 1. The van der Waals surface area contributed by atoms with Crippen molar-refractivity contribution in [2.75, 3.05) is 25.1 Å². The molecule has 0 radical (unpaired) electrons. The molecule has 1 saturated heterocycles. The number of morpholine rings is 1. The summed E-state index contributed by atoms with van der Waals surface area (Å²) in [6.45, 7) is 4.67. The van der Waals surface area contributed by atoms with E-state index in [-0.39, 0.29) is 0 Å². The maximum absolute atomic E-state index is 9.38. The Kier molecular flexibility index (Phi) is 4.23. The van der Waals surface area contributed by atoms with Crippen LogP contribution >= 0.6 is 0 Å². The van der Waals surface area contributed by atoms with Crippen molar-refractivity contribution in [2.45, 2.75) is 25.4 Å². The quantitative estimate of drug-likeness (QED) is 0.743. The minimum Gasteiger partial charge on any atom is -0.508 e. The Morgan fingerprint density at radius 2 is 2.47 bits per heavy atom. The summed E-state index contributed by atoms with van der Waals surface area (Å²) < 4.78 is 5.42. The summed E-state index contributed by atoms with van der Waals surface area (Å²) in [7, 11) is 0. The minimum absolute atomic E-state index is 0.293. The van der Waals surface area contributed by atoms with Crippen LogP contribution in [0.5, 0.6) is 5.75 Å². The zero-order chi connectivity index (χ0) is 12.1. The first-order chi connectivity index (χ1) is 8.24. The second kappa shape index (κ2) is 5.89. The average Bonchev–Trinajstić information content (AvgIpc) is 2.30. The second-order valence-electron chi connectivity index (χ2n) is 4.56. The predicted molar refractivity (Wildman–Crippen MR) is 68.4 cm³/mol. The van der Waals surface area contributed by atoms with Gasteiger partial charge < -0.3 is 20.5 Å². The molecule has 1 aliphatic rings. The molecule has 1 fully saturated rings. The number of phenols is 1. The van der Waals surface area contributed by atoms with Crippen LogP contribution in [0.3, 0.4) is 0 Å². The highest BCUT2D eigenvalue weighted by Crippen LogP contribution is 2.17. The monoisotopic (exact) mass is 236 g/mol. The van der Waals surface area contributed by atoms with Crippen molar-refractivity contribution in [3.8, 4) is 5.75 Å². The Morgan fingerprint density at radius 3 is 3.18 bits per heavy atom. The van der Waals surface area contributed by atoms with E-state index in [0.29, 0.717) is 17.8 Å². The van der Waals surface area contributed by atoms with Crippen LogP contribution < -0.4 is 10.6 Å². The SMILES string of the molecule is CC(CC1COCCN1)Nc1cccc(O)c1. The Morgan fingerprint density at radius 1 is 1.59 bits per heavy atom. The topological polar surface area (TPSA) is 53.5 Å². The van der Waals surface area contributed by atoms with Gasteiger partial charge in [0.25, 0.3) is 0 Å². The highest BCUT2D eigenvalue weighted by molar-refractivity contribution is 5.48. The average molecular weight is 236 g/mol. The number of benzene rings is 1. The summed E-state index contributed by atoms with van der Waals surface area (Å²) >= 11 is 0. The molecule has 3 N–H and O–H groups in total. The first-order valence-corrected chi connectivity index (χ1v) is 6.11. The Bertz CT molecular complexity index is 351. The van der Waals surface area contributed by atoms with Crippen LogP contribution in [0.25, 0.3) is 0 Å². The fourth-order valence-electron chi connectivity index (χ4n) is 2.14. The highest BCUT2D eigenvalue weighted by Gasteiger charge is 2.16. The molecule has 94 valence electrons. The van der Waals surface area contributed by atoms with Gasteiger partial charge in [-0.2, -0.15) is 0 Å². The number of nitrogens with one attached hydrogen (secondary N) is 2. The zero-order valence-corrected chi connectivity index (χ0v) is 10.1. The lowest BCUT2D eigenvalue weighted by Gasteiger charge is -2.27. The van der Waals surface area contributed by atoms with Gasteiger partial charge in [0, 0.05) is 30.4 Å². The molecule has 0 amide bonds. The van der Waals surface area contributed by atoms with Crippen molar-refractivity contribution in [1.82, 2.24) is 5.32 Å². The van der Waals surface area contributed by atoms with E-state index in [1.54, 1.807) is 12.1 Å².